The Morgan fingerprint density at radius 3 is 2.79 bits per heavy atom. The number of aromatic hydroxyl groups is 1. The van der Waals surface area contributed by atoms with Crippen LogP contribution in [0.15, 0.2) is 53.5 Å². The molecule has 3 aliphatic rings. The Kier molecular flexibility index (Phi) is 3.13. The van der Waals surface area contributed by atoms with Crippen LogP contribution in [0.2, 0.25) is 0 Å². The minimum absolute atomic E-state index is 0.127. The molecule has 0 amide bonds. The highest BCUT2D eigenvalue weighted by Gasteiger charge is 2.56. The van der Waals surface area contributed by atoms with E-state index in [1.54, 1.807) is 13.2 Å². The molecule has 1 fully saturated rings. The molecular weight excluding hydrogens is 302 g/mol. The molecule has 1 aromatic carbocycles. The Morgan fingerprint density at radius 1 is 1.25 bits per heavy atom. The number of allylic oxidation sites excluding steroid dienone is 3. The molecule has 1 spiro atoms. The average Bonchev–Trinajstić information content (AvgIpc) is 2.52. The number of fused-ring (bicyclic) bond motifs is 1. The number of rotatable bonds is 1. The zero-order chi connectivity index (χ0) is 17.1. The first-order valence-corrected chi connectivity index (χ1v) is 8.32. The quantitative estimate of drug-likeness (QED) is 0.831. The molecule has 2 aliphatic heterocycles. The van der Waals surface area contributed by atoms with Gasteiger partial charge in [-0.1, -0.05) is 26.0 Å². The second kappa shape index (κ2) is 4.90. The van der Waals surface area contributed by atoms with Crippen LogP contribution in [-0.2, 0) is 10.4 Å². The maximum Gasteiger partial charge on any atom is 0.145 e. The van der Waals surface area contributed by atoms with Crippen LogP contribution in [0.1, 0.15) is 39.2 Å². The van der Waals surface area contributed by atoms with Crippen LogP contribution >= 0.6 is 0 Å². The van der Waals surface area contributed by atoms with E-state index in [-0.39, 0.29) is 11.2 Å². The highest BCUT2D eigenvalue weighted by Crippen LogP contribution is 2.62. The topological polar surface area (TPSA) is 41.9 Å². The highest BCUT2D eigenvalue weighted by atomic mass is 16.7. The summed E-state index contributed by atoms with van der Waals surface area (Å²) in [6.07, 6.45) is 7.91. The zero-order valence-electron chi connectivity index (χ0n) is 14.6. The zero-order valence-corrected chi connectivity index (χ0v) is 14.6. The number of phenols is 1. The van der Waals surface area contributed by atoms with E-state index in [1.807, 2.05) is 36.4 Å². The van der Waals surface area contributed by atoms with E-state index < -0.39 is 5.54 Å². The van der Waals surface area contributed by atoms with Gasteiger partial charge in [0.05, 0.1) is 12.7 Å². The first-order chi connectivity index (χ1) is 11.4. The van der Waals surface area contributed by atoms with Gasteiger partial charge in [-0.25, -0.2) is 5.06 Å². The molecule has 1 N–H and O–H groups in total. The third-order valence-corrected chi connectivity index (χ3v) is 5.33. The number of hydrogen-bond donors (Lipinski definition) is 1. The van der Waals surface area contributed by atoms with Crippen molar-refractivity contribution in [2.24, 2.45) is 5.41 Å². The van der Waals surface area contributed by atoms with Crippen molar-refractivity contribution in [3.63, 3.8) is 0 Å². The molecule has 0 aromatic heterocycles. The summed E-state index contributed by atoms with van der Waals surface area (Å²) < 4.78 is 6.10. The SMILES string of the molecule is CON1C=CC=C2CC(C)(C)CC3=C(C)Oc4cccc(O)c4C231. The third kappa shape index (κ3) is 1.83. The maximum absolute atomic E-state index is 10.7. The minimum Gasteiger partial charge on any atom is -0.507 e. The number of ether oxygens (including phenoxy) is 1. The van der Waals surface area contributed by atoms with Crippen LogP contribution in [0.4, 0.5) is 0 Å². The molecule has 1 aliphatic carbocycles. The summed E-state index contributed by atoms with van der Waals surface area (Å²) in [5.74, 6) is 1.82. The second-order valence-electron chi connectivity index (χ2n) is 7.56. The van der Waals surface area contributed by atoms with E-state index in [9.17, 15) is 5.11 Å². The van der Waals surface area contributed by atoms with E-state index in [0.717, 1.165) is 29.7 Å². The average molecular weight is 325 g/mol. The van der Waals surface area contributed by atoms with Gasteiger partial charge < -0.3 is 9.84 Å². The fraction of sp³-hybridized carbons (Fsp3) is 0.400. The van der Waals surface area contributed by atoms with Crippen molar-refractivity contribution in [2.45, 2.75) is 39.2 Å². The standard InChI is InChI=1S/C20H23NO3/c1-13-15-12-19(2,3)11-14-7-6-10-21(23-4)20(14,15)18-16(22)8-5-9-17(18)24-13/h5-10,22H,11-12H2,1-4H3. The molecule has 0 saturated heterocycles. The molecular formula is C20H23NO3. The Labute approximate surface area is 142 Å². The van der Waals surface area contributed by atoms with Crippen molar-refractivity contribution >= 4 is 0 Å². The van der Waals surface area contributed by atoms with E-state index >= 15 is 0 Å². The van der Waals surface area contributed by atoms with E-state index in [0.29, 0.717) is 5.75 Å². The van der Waals surface area contributed by atoms with Crippen molar-refractivity contribution in [1.29, 1.82) is 0 Å². The maximum atomic E-state index is 10.7. The van der Waals surface area contributed by atoms with Crippen molar-refractivity contribution in [1.82, 2.24) is 5.06 Å². The van der Waals surface area contributed by atoms with Crippen molar-refractivity contribution in [2.75, 3.05) is 7.11 Å². The smallest absolute Gasteiger partial charge is 0.145 e. The van der Waals surface area contributed by atoms with Gasteiger partial charge in [-0.3, -0.25) is 4.84 Å². The molecule has 126 valence electrons. The third-order valence-electron chi connectivity index (χ3n) is 5.33. The van der Waals surface area contributed by atoms with Gasteiger partial charge in [-0.05, 0) is 49.0 Å². The van der Waals surface area contributed by atoms with E-state index in [1.165, 1.54) is 5.57 Å². The summed E-state index contributed by atoms with van der Waals surface area (Å²) in [7, 11) is 1.67. The molecule has 1 aromatic rings. The van der Waals surface area contributed by atoms with Gasteiger partial charge >= 0.3 is 0 Å². The van der Waals surface area contributed by atoms with Crippen molar-refractivity contribution < 1.29 is 14.7 Å². The van der Waals surface area contributed by atoms with Crippen molar-refractivity contribution in [3.05, 3.63) is 59.0 Å². The fourth-order valence-electron chi connectivity index (χ4n) is 4.50. The van der Waals surface area contributed by atoms with Crippen LogP contribution in [0.3, 0.4) is 0 Å². The lowest BCUT2D eigenvalue weighted by Crippen LogP contribution is -2.53. The predicted molar refractivity (Wildman–Crippen MR) is 92.2 cm³/mol. The van der Waals surface area contributed by atoms with Gasteiger partial charge in [-0.15, -0.1) is 0 Å². The summed E-state index contributed by atoms with van der Waals surface area (Å²) in [5, 5.41) is 12.6. The molecule has 0 bridgehead atoms. The largest absolute Gasteiger partial charge is 0.507 e. The van der Waals surface area contributed by atoms with Crippen molar-refractivity contribution in [3.8, 4) is 11.5 Å². The lowest BCUT2D eigenvalue weighted by Gasteiger charge is -2.55. The van der Waals surface area contributed by atoms with E-state index in [2.05, 4.69) is 19.9 Å². The summed E-state index contributed by atoms with van der Waals surface area (Å²) in [4.78, 5) is 5.75. The van der Waals surface area contributed by atoms with Crippen LogP contribution in [0.5, 0.6) is 11.5 Å². The molecule has 1 unspecified atom stereocenters. The van der Waals surface area contributed by atoms with Crippen LogP contribution in [0, 0.1) is 5.41 Å². The van der Waals surface area contributed by atoms with Crippen LogP contribution < -0.4 is 4.74 Å². The van der Waals surface area contributed by atoms with Gasteiger partial charge in [0.1, 0.15) is 22.8 Å². The Bertz CT molecular complexity index is 803. The number of hydroxylamine groups is 2. The Morgan fingerprint density at radius 2 is 2.04 bits per heavy atom. The first-order valence-electron chi connectivity index (χ1n) is 8.32. The molecule has 0 radical (unpaired) electrons. The molecule has 4 rings (SSSR count). The monoisotopic (exact) mass is 325 g/mol. The number of phenolic OH excluding ortho intramolecular Hbond substituents is 1. The molecule has 24 heavy (non-hydrogen) atoms. The van der Waals surface area contributed by atoms with Gasteiger partial charge in [0.2, 0.25) is 0 Å². The minimum atomic E-state index is -0.623. The Balaban J connectivity index is 2.09. The van der Waals surface area contributed by atoms with E-state index in [4.69, 9.17) is 9.57 Å². The summed E-state index contributed by atoms with van der Waals surface area (Å²) in [6, 6.07) is 5.45. The summed E-state index contributed by atoms with van der Waals surface area (Å²) in [6.45, 7) is 6.55. The molecule has 4 nitrogen and oxygen atoms in total. The fourth-order valence-corrected chi connectivity index (χ4v) is 4.50. The second-order valence-corrected chi connectivity index (χ2v) is 7.56. The molecule has 1 saturated carbocycles. The molecule has 4 heteroatoms. The summed E-state index contributed by atoms with van der Waals surface area (Å²) >= 11 is 0. The predicted octanol–water partition coefficient (Wildman–Crippen LogP) is 4.39. The Hall–Kier alpha value is -2.20. The summed E-state index contributed by atoms with van der Waals surface area (Å²) in [5.41, 5.74) is 2.66. The van der Waals surface area contributed by atoms with Crippen LogP contribution in [0.25, 0.3) is 0 Å². The molecule has 2 heterocycles. The van der Waals surface area contributed by atoms with Gasteiger partial charge in [0.15, 0.2) is 0 Å². The first kappa shape index (κ1) is 15.3. The number of benzene rings is 1. The normalized spacial score (nSPS) is 27.0. The van der Waals surface area contributed by atoms with Gasteiger partial charge in [0, 0.05) is 11.8 Å². The number of nitrogens with zero attached hydrogens (tertiary/aromatic N) is 1. The van der Waals surface area contributed by atoms with Gasteiger partial charge in [0.25, 0.3) is 0 Å². The van der Waals surface area contributed by atoms with Crippen LogP contribution in [-0.4, -0.2) is 17.3 Å². The number of hydrogen-bond acceptors (Lipinski definition) is 4. The highest BCUT2D eigenvalue weighted by molar-refractivity contribution is 5.63. The lowest BCUT2D eigenvalue weighted by molar-refractivity contribution is -0.153. The lowest BCUT2D eigenvalue weighted by atomic mass is 9.59. The molecule has 1 atom stereocenters. The van der Waals surface area contributed by atoms with Gasteiger partial charge in [-0.2, -0.15) is 0 Å².